The van der Waals surface area contributed by atoms with E-state index in [1.54, 1.807) is 0 Å². The molecule has 0 saturated carbocycles. The third-order valence-electron chi connectivity index (χ3n) is 2.27. The SMILES string of the molecule is CNCCN1CCNC(=O)C1C. The van der Waals surface area contributed by atoms with Crippen LogP contribution in [0, 0.1) is 0 Å². The van der Waals surface area contributed by atoms with Crippen molar-refractivity contribution in [3.05, 3.63) is 0 Å². The van der Waals surface area contributed by atoms with E-state index < -0.39 is 0 Å². The Balaban J connectivity index is 2.35. The minimum atomic E-state index is 0.0344. The van der Waals surface area contributed by atoms with Crippen LogP contribution in [0.3, 0.4) is 0 Å². The van der Waals surface area contributed by atoms with Gasteiger partial charge in [0.2, 0.25) is 5.91 Å². The molecular weight excluding hydrogens is 154 g/mol. The second-order valence-electron chi connectivity index (χ2n) is 3.11. The maximum Gasteiger partial charge on any atom is 0.237 e. The summed E-state index contributed by atoms with van der Waals surface area (Å²) in [5.41, 5.74) is 0. The third kappa shape index (κ3) is 2.19. The zero-order valence-electron chi connectivity index (χ0n) is 7.76. The lowest BCUT2D eigenvalue weighted by atomic mass is 10.2. The van der Waals surface area contributed by atoms with Crippen LogP contribution in [-0.4, -0.2) is 50.1 Å². The average Bonchev–Trinajstić information content (AvgIpc) is 2.08. The highest BCUT2D eigenvalue weighted by atomic mass is 16.2. The predicted octanol–water partition coefficient (Wildman–Crippen LogP) is -0.974. The summed E-state index contributed by atoms with van der Waals surface area (Å²) < 4.78 is 0. The zero-order valence-corrected chi connectivity index (χ0v) is 7.76. The molecule has 1 saturated heterocycles. The Hall–Kier alpha value is -0.610. The Morgan fingerprint density at radius 2 is 2.50 bits per heavy atom. The van der Waals surface area contributed by atoms with Crippen LogP contribution < -0.4 is 10.6 Å². The second kappa shape index (κ2) is 4.42. The molecular formula is C8H17N3O. The van der Waals surface area contributed by atoms with E-state index in [2.05, 4.69) is 15.5 Å². The van der Waals surface area contributed by atoms with Gasteiger partial charge >= 0.3 is 0 Å². The lowest BCUT2D eigenvalue weighted by molar-refractivity contribution is -0.128. The summed E-state index contributed by atoms with van der Waals surface area (Å²) in [7, 11) is 1.93. The van der Waals surface area contributed by atoms with E-state index >= 15 is 0 Å². The monoisotopic (exact) mass is 171 g/mol. The molecule has 4 heteroatoms. The number of nitrogens with one attached hydrogen (secondary N) is 2. The summed E-state index contributed by atoms with van der Waals surface area (Å²) >= 11 is 0. The quantitative estimate of drug-likeness (QED) is 0.574. The Morgan fingerprint density at radius 1 is 1.75 bits per heavy atom. The van der Waals surface area contributed by atoms with E-state index in [1.807, 2.05) is 14.0 Å². The Morgan fingerprint density at radius 3 is 3.17 bits per heavy atom. The van der Waals surface area contributed by atoms with Gasteiger partial charge in [0.25, 0.3) is 0 Å². The molecule has 1 heterocycles. The molecule has 0 aromatic carbocycles. The number of carbonyl (C=O) groups is 1. The zero-order chi connectivity index (χ0) is 8.97. The molecule has 1 rings (SSSR count). The van der Waals surface area contributed by atoms with Gasteiger partial charge in [-0.25, -0.2) is 0 Å². The largest absolute Gasteiger partial charge is 0.353 e. The molecule has 1 amide bonds. The molecule has 0 spiro atoms. The molecule has 4 nitrogen and oxygen atoms in total. The number of piperazine rings is 1. The lowest BCUT2D eigenvalue weighted by Crippen LogP contribution is -2.54. The number of nitrogens with zero attached hydrogens (tertiary/aromatic N) is 1. The van der Waals surface area contributed by atoms with Crippen LogP contribution >= 0.6 is 0 Å². The summed E-state index contributed by atoms with van der Waals surface area (Å²) in [6.07, 6.45) is 0. The highest BCUT2D eigenvalue weighted by Gasteiger charge is 2.24. The molecule has 0 radical (unpaired) electrons. The van der Waals surface area contributed by atoms with Crippen molar-refractivity contribution in [2.75, 3.05) is 33.2 Å². The van der Waals surface area contributed by atoms with Crippen molar-refractivity contribution in [1.82, 2.24) is 15.5 Å². The minimum Gasteiger partial charge on any atom is -0.353 e. The van der Waals surface area contributed by atoms with Gasteiger partial charge in [0.05, 0.1) is 6.04 Å². The van der Waals surface area contributed by atoms with E-state index in [4.69, 9.17) is 0 Å². The molecule has 0 aliphatic carbocycles. The highest BCUT2D eigenvalue weighted by Crippen LogP contribution is 2.01. The Kier molecular flexibility index (Phi) is 3.49. The van der Waals surface area contributed by atoms with Crippen molar-refractivity contribution in [3.63, 3.8) is 0 Å². The van der Waals surface area contributed by atoms with E-state index in [1.165, 1.54) is 0 Å². The molecule has 70 valence electrons. The van der Waals surface area contributed by atoms with Crippen molar-refractivity contribution in [2.45, 2.75) is 13.0 Å². The lowest BCUT2D eigenvalue weighted by Gasteiger charge is -2.32. The first kappa shape index (κ1) is 9.48. The first-order chi connectivity index (χ1) is 5.75. The van der Waals surface area contributed by atoms with Crippen LogP contribution in [0.4, 0.5) is 0 Å². The molecule has 0 aromatic rings. The molecule has 0 aromatic heterocycles. The third-order valence-corrected chi connectivity index (χ3v) is 2.27. The van der Waals surface area contributed by atoms with Crippen molar-refractivity contribution in [3.8, 4) is 0 Å². The van der Waals surface area contributed by atoms with Crippen molar-refractivity contribution < 1.29 is 4.79 Å². The fraction of sp³-hybridized carbons (Fsp3) is 0.875. The van der Waals surface area contributed by atoms with E-state index in [0.29, 0.717) is 0 Å². The van der Waals surface area contributed by atoms with E-state index in [-0.39, 0.29) is 11.9 Å². The number of likely N-dealkylation sites (N-methyl/N-ethyl adjacent to an activating group) is 1. The molecule has 1 fully saturated rings. The normalized spacial score (nSPS) is 25.5. The molecule has 12 heavy (non-hydrogen) atoms. The first-order valence-corrected chi connectivity index (χ1v) is 4.42. The predicted molar refractivity (Wildman–Crippen MR) is 48.0 cm³/mol. The molecule has 2 N–H and O–H groups in total. The van der Waals surface area contributed by atoms with Gasteiger partial charge in [0.1, 0.15) is 0 Å². The van der Waals surface area contributed by atoms with E-state index in [0.717, 1.165) is 26.2 Å². The van der Waals surface area contributed by atoms with Gasteiger partial charge in [-0.15, -0.1) is 0 Å². The maximum absolute atomic E-state index is 11.2. The van der Waals surface area contributed by atoms with Gasteiger partial charge < -0.3 is 10.6 Å². The fourth-order valence-electron chi connectivity index (χ4n) is 1.39. The summed E-state index contributed by atoms with van der Waals surface area (Å²) in [4.78, 5) is 13.4. The standard InChI is InChI=1S/C8H17N3O/c1-7-8(12)10-4-6-11(7)5-3-9-2/h7,9H,3-6H2,1-2H3,(H,10,12). The molecule has 1 unspecified atom stereocenters. The number of hydrogen-bond acceptors (Lipinski definition) is 3. The summed E-state index contributed by atoms with van der Waals surface area (Å²) in [6.45, 7) is 5.59. The van der Waals surface area contributed by atoms with Gasteiger partial charge in [-0.1, -0.05) is 0 Å². The van der Waals surface area contributed by atoms with E-state index in [9.17, 15) is 4.79 Å². The fourth-order valence-corrected chi connectivity index (χ4v) is 1.39. The van der Waals surface area contributed by atoms with Crippen molar-refractivity contribution in [1.29, 1.82) is 0 Å². The summed E-state index contributed by atoms with van der Waals surface area (Å²) in [5.74, 6) is 0.150. The molecule has 1 atom stereocenters. The van der Waals surface area contributed by atoms with Crippen molar-refractivity contribution >= 4 is 5.91 Å². The van der Waals surface area contributed by atoms with Gasteiger partial charge in [-0.3, -0.25) is 9.69 Å². The van der Waals surface area contributed by atoms with Gasteiger partial charge in [0, 0.05) is 26.2 Å². The van der Waals surface area contributed by atoms with Crippen LogP contribution in [0.2, 0.25) is 0 Å². The number of carbonyl (C=O) groups excluding carboxylic acids is 1. The molecule has 1 aliphatic rings. The smallest absolute Gasteiger partial charge is 0.237 e. The number of rotatable bonds is 3. The van der Waals surface area contributed by atoms with Crippen LogP contribution in [0.15, 0.2) is 0 Å². The minimum absolute atomic E-state index is 0.0344. The highest BCUT2D eigenvalue weighted by molar-refractivity contribution is 5.81. The van der Waals surface area contributed by atoms with Crippen molar-refractivity contribution in [2.24, 2.45) is 0 Å². The summed E-state index contributed by atoms with van der Waals surface area (Å²) in [5, 5.41) is 5.91. The second-order valence-corrected chi connectivity index (χ2v) is 3.11. The van der Waals surface area contributed by atoms with Crippen LogP contribution in [0.25, 0.3) is 0 Å². The molecule has 0 bridgehead atoms. The van der Waals surface area contributed by atoms with Crippen LogP contribution in [-0.2, 0) is 4.79 Å². The average molecular weight is 171 g/mol. The van der Waals surface area contributed by atoms with Gasteiger partial charge in [-0.05, 0) is 14.0 Å². The van der Waals surface area contributed by atoms with Gasteiger partial charge in [0.15, 0.2) is 0 Å². The number of amides is 1. The Labute approximate surface area is 73.3 Å². The number of hydrogen-bond donors (Lipinski definition) is 2. The maximum atomic E-state index is 11.2. The topological polar surface area (TPSA) is 44.4 Å². The van der Waals surface area contributed by atoms with Crippen LogP contribution in [0.1, 0.15) is 6.92 Å². The Bertz CT molecular complexity index is 160. The van der Waals surface area contributed by atoms with Crippen LogP contribution in [0.5, 0.6) is 0 Å². The molecule has 1 aliphatic heterocycles. The van der Waals surface area contributed by atoms with Gasteiger partial charge in [-0.2, -0.15) is 0 Å². The summed E-state index contributed by atoms with van der Waals surface area (Å²) in [6, 6.07) is 0.0344. The first-order valence-electron chi connectivity index (χ1n) is 4.42.